The molecule has 1 aliphatic carbocycles. The summed E-state index contributed by atoms with van der Waals surface area (Å²) in [5, 5.41) is 3.71. The molecule has 21 heavy (non-hydrogen) atoms. The Hall–Kier alpha value is -0.860. The second kappa shape index (κ2) is 6.50. The van der Waals surface area contributed by atoms with Crippen LogP contribution in [0.5, 0.6) is 0 Å². The SMILES string of the molecule is CCNC(CC1(OC)CCC1)c1c(C)c(C)cc(C)c1C. The van der Waals surface area contributed by atoms with E-state index in [-0.39, 0.29) is 5.60 Å². The molecule has 1 saturated carbocycles. The summed E-state index contributed by atoms with van der Waals surface area (Å²) in [5.74, 6) is 0. The smallest absolute Gasteiger partial charge is 0.0697 e. The normalized spacial score (nSPS) is 18.4. The van der Waals surface area contributed by atoms with Crippen molar-refractivity contribution in [3.63, 3.8) is 0 Å². The van der Waals surface area contributed by atoms with Crippen molar-refractivity contribution in [1.29, 1.82) is 0 Å². The summed E-state index contributed by atoms with van der Waals surface area (Å²) < 4.78 is 5.87. The van der Waals surface area contributed by atoms with E-state index in [9.17, 15) is 0 Å². The topological polar surface area (TPSA) is 21.3 Å². The van der Waals surface area contributed by atoms with E-state index in [1.54, 1.807) is 0 Å². The van der Waals surface area contributed by atoms with Gasteiger partial charge >= 0.3 is 0 Å². The third-order valence-electron chi connectivity index (χ3n) is 5.50. The van der Waals surface area contributed by atoms with Crippen LogP contribution < -0.4 is 5.32 Å². The Kier molecular flexibility index (Phi) is 5.11. The first-order chi connectivity index (χ1) is 9.94. The van der Waals surface area contributed by atoms with Crippen molar-refractivity contribution >= 4 is 0 Å². The molecule has 1 atom stereocenters. The van der Waals surface area contributed by atoms with Crippen molar-refractivity contribution in [3.05, 3.63) is 33.9 Å². The fraction of sp³-hybridized carbons (Fsp3) is 0.684. The summed E-state index contributed by atoms with van der Waals surface area (Å²) in [6.07, 6.45) is 4.79. The number of benzene rings is 1. The molecule has 1 aliphatic rings. The Morgan fingerprint density at radius 1 is 1.14 bits per heavy atom. The molecule has 1 fully saturated rings. The predicted octanol–water partition coefficient (Wildman–Crippen LogP) is 4.53. The van der Waals surface area contributed by atoms with E-state index >= 15 is 0 Å². The van der Waals surface area contributed by atoms with Crippen LogP contribution >= 0.6 is 0 Å². The van der Waals surface area contributed by atoms with Crippen molar-refractivity contribution in [2.45, 2.75) is 71.9 Å². The van der Waals surface area contributed by atoms with Gasteiger partial charge in [0.15, 0.2) is 0 Å². The summed E-state index contributed by atoms with van der Waals surface area (Å²) in [6.45, 7) is 12.2. The van der Waals surface area contributed by atoms with Gasteiger partial charge in [-0.1, -0.05) is 13.0 Å². The quantitative estimate of drug-likeness (QED) is 0.830. The van der Waals surface area contributed by atoms with Gasteiger partial charge in [-0.15, -0.1) is 0 Å². The molecular formula is C19H31NO. The molecule has 0 radical (unpaired) electrons. The second-order valence-electron chi connectivity index (χ2n) is 6.73. The van der Waals surface area contributed by atoms with Gasteiger partial charge in [0.25, 0.3) is 0 Å². The average Bonchev–Trinajstić information content (AvgIpc) is 2.41. The van der Waals surface area contributed by atoms with Gasteiger partial charge in [-0.05, 0) is 87.7 Å². The van der Waals surface area contributed by atoms with Gasteiger partial charge in [-0.25, -0.2) is 0 Å². The zero-order valence-electron chi connectivity index (χ0n) is 14.6. The Morgan fingerprint density at radius 2 is 1.71 bits per heavy atom. The van der Waals surface area contributed by atoms with Crippen LogP contribution in [-0.2, 0) is 4.74 Å². The fourth-order valence-corrected chi connectivity index (χ4v) is 3.73. The van der Waals surface area contributed by atoms with Gasteiger partial charge in [0.05, 0.1) is 5.60 Å². The largest absolute Gasteiger partial charge is 0.378 e. The van der Waals surface area contributed by atoms with Crippen LogP contribution in [0.15, 0.2) is 6.07 Å². The number of hydrogen-bond donors (Lipinski definition) is 1. The van der Waals surface area contributed by atoms with Crippen LogP contribution in [0.3, 0.4) is 0 Å². The van der Waals surface area contributed by atoms with Gasteiger partial charge in [0.1, 0.15) is 0 Å². The molecule has 0 bridgehead atoms. The molecule has 1 aromatic rings. The summed E-state index contributed by atoms with van der Waals surface area (Å²) in [7, 11) is 1.88. The lowest BCUT2D eigenvalue weighted by Gasteiger charge is -2.43. The van der Waals surface area contributed by atoms with Gasteiger partial charge in [0, 0.05) is 13.2 Å². The van der Waals surface area contributed by atoms with Gasteiger partial charge in [-0.2, -0.15) is 0 Å². The number of nitrogens with one attached hydrogen (secondary N) is 1. The Bertz CT molecular complexity index is 471. The van der Waals surface area contributed by atoms with Crippen LogP contribution in [0, 0.1) is 27.7 Å². The van der Waals surface area contributed by atoms with Crippen molar-refractivity contribution < 1.29 is 4.74 Å². The molecule has 2 rings (SSSR count). The third kappa shape index (κ3) is 3.17. The van der Waals surface area contributed by atoms with E-state index in [4.69, 9.17) is 4.74 Å². The first-order valence-corrected chi connectivity index (χ1v) is 8.30. The van der Waals surface area contributed by atoms with Crippen LogP contribution in [0.2, 0.25) is 0 Å². The van der Waals surface area contributed by atoms with Crippen LogP contribution in [0.4, 0.5) is 0 Å². The van der Waals surface area contributed by atoms with Crippen LogP contribution in [0.1, 0.15) is 66.5 Å². The molecule has 1 aromatic carbocycles. The monoisotopic (exact) mass is 289 g/mol. The van der Waals surface area contributed by atoms with Crippen LogP contribution in [0.25, 0.3) is 0 Å². The standard InChI is InChI=1S/C19H31NO/c1-7-20-17(12-19(21-6)9-8-10-19)18-15(4)13(2)11-14(3)16(18)5/h11,17,20H,7-10,12H2,1-6H3. The average molecular weight is 289 g/mol. The van der Waals surface area contributed by atoms with Gasteiger partial charge in [0.2, 0.25) is 0 Å². The Morgan fingerprint density at radius 3 is 2.10 bits per heavy atom. The first-order valence-electron chi connectivity index (χ1n) is 8.30. The molecule has 118 valence electrons. The van der Waals surface area contributed by atoms with Crippen molar-refractivity contribution in [3.8, 4) is 0 Å². The van der Waals surface area contributed by atoms with Gasteiger partial charge < -0.3 is 10.1 Å². The number of aryl methyl sites for hydroxylation is 2. The van der Waals surface area contributed by atoms with E-state index < -0.39 is 0 Å². The molecule has 1 N–H and O–H groups in total. The van der Waals surface area contributed by atoms with Crippen molar-refractivity contribution in [2.24, 2.45) is 0 Å². The molecule has 0 amide bonds. The molecular weight excluding hydrogens is 258 g/mol. The highest BCUT2D eigenvalue weighted by molar-refractivity contribution is 5.46. The lowest BCUT2D eigenvalue weighted by atomic mass is 9.73. The molecule has 0 aliphatic heterocycles. The maximum absolute atomic E-state index is 5.87. The number of rotatable bonds is 6. The van der Waals surface area contributed by atoms with Crippen molar-refractivity contribution in [1.82, 2.24) is 5.32 Å². The molecule has 2 nitrogen and oxygen atoms in total. The van der Waals surface area contributed by atoms with E-state index in [0.29, 0.717) is 6.04 Å². The van der Waals surface area contributed by atoms with Crippen molar-refractivity contribution in [2.75, 3.05) is 13.7 Å². The molecule has 0 heterocycles. The molecule has 2 heteroatoms. The zero-order chi connectivity index (χ0) is 15.6. The minimum atomic E-state index is 0.101. The second-order valence-corrected chi connectivity index (χ2v) is 6.73. The Balaban J connectivity index is 2.38. The molecule has 0 aromatic heterocycles. The number of methoxy groups -OCH3 is 1. The molecule has 0 spiro atoms. The highest BCUT2D eigenvalue weighted by Gasteiger charge is 2.39. The zero-order valence-corrected chi connectivity index (χ0v) is 14.6. The summed E-state index contributed by atoms with van der Waals surface area (Å²) in [4.78, 5) is 0. The maximum Gasteiger partial charge on any atom is 0.0697 e. The first kappa shape index (κ1) is 16.5. The lowest BCUT2D eigenvalue weighted by molar-refractivity contribution is -0.0838. The van der Waals surface area contributed by atoms with E-state index in [1.165, 1.54) is 47.1 Å². The number of hydrogen-bond acceptors (Lipinski definition) is 2. The van der Waals surface area contributed by atoms with E-state index in [0.717, 1.165) is 13.0 Å². The highest BCUT2D eigenvalue weighted by atomic mass is 16.5. The third-order valence-corrected chi connectivity index (χ3v) is 5.50. The van der Waals surface area contributed by atoms with Crippen LogP contribution in [-0.4, -0.2) is 19.3 Å². The Labute approximate surface area is 130 Å². The fourth-order valence-electron chi connectivity index (χ4n) is 3.73. The highest BCUT2D eigenvalue weighted by Crippen LogP contribution is 2.43. The van der Waals surface area contributed by atoms with E-state index in [2.05, 4.69) is 46.0 Å². The number of ether oxygens (including phenoxy) is 1. The minimum Gasteiger partial charge on any atom is -0.378 e. The van der Waals surface area contributed by atoms with Gasteiger partial charge in [-0.3, -0.25) is 0 Å². The summed E-state index contributed by atoms with van der Waals surface area (Å²) >= 11 is 0. The summed E-state index contributed by atoms with van der Waals surface area (Å²) in [6, 6.07) is 2.71. The maximum atomic E-state index is 5.87. The lowest BCUT2D eigenvalue weighted by Crippen LogP contribution is -2.43. The molecule has 1 unspecified atom stereocenters. The molecule has 0 saturated heterocycles. The summed E-state index contributed by atoms with van der Waals surface area (Å²) in [5.41, 5.74) is 7.28. The van der Waals surface area contributed by atoms with E-state index in [1.807, 2.05) is 7.11 Å². The predicted molar refractivity (Wildman–Crippen MR) is 90.0 cm³/mol. The minimum absolute atomic E-state index is 0.101.